The molecule has 0 bridgehead atoms. The van der Waals surface area contributed by atoms with E-state index in [0.29, 0.717) is 0 Å². The minimum absolute atomic E-state index is 0.820. The third kappa shape index (κ3) is 2.98. The van der Waals surface area contributed by atoms with Gasteiger partial charge in [-0.15, -0.1) is 0 Å². The summed E-state index contributed by atoms with van der Waals surface area (Å²) in [6, 6.07) is 0. The SMILES string of the molecule is C1CCN=C(NCC2CCNC2)CC1. The minimum Gasteiger partial charge on any atom is -0.374 e. The van der Waals surface area contributed by atoms with E-state index in [0.717, 1.165) is 19.0 Å². The zero-order valence-corrected chi connectivity index (χ0v) is 8.89. The zero-order valence-electron chi connectivity index (χ0n) is 8.89. The first-order chi connectivity index (χ1) is 6.95. The number of amidine groups is 1. The van der Waals surface area contributed by atoms with Crippen LogP contribution in [0.3, 0.4) is 0 Å². The van der Waals surface area contributed by atoms with E-state index in [4.69, 9.17) is 0 Å². The van der Waals surface area contributed by atoms with Gasteiger partial charge in [-0.2, -0.15) is 0 Å². The van der Waals surface area contributed by atoms with Crippen molar-refractivity contribution in [2.75, 3.05) is 26.2 Å². The molecule has 0 amide bonds. The van der Waals surface area contributed by atoms with Crippen LogP contribution in [0.4, 0.5) is 0 Å². The van der Waals surface area contributed by atoms with E-state index in [-0.39, 0.29) is 0 Å². The van der Waals surface area contributed by atoms with E-state index in [1.54, 1.807) is 0 Å². The van der Waals surface area contributed by atoms with E-state index < -0.39 is 0 Å². The Bertz CT molecular complexity index is 195. The summed E-state index contributed by atoms with van der Waals surface area (Å²) in [4.78, 5) is 4.57. The molecule has 0 saturated carbocycles. The van der Waals surface area contributed by atoms with Crippen LogP contribution in [0.1, 0.15) is 32.1 Å². The molecule has 0 aromatic carbocycles. The van der Waals surface area contributed by atoms with Crippen LogP contribution in [-0.4, -0.2) is 32.0 Å². The number of aliphatic imine (C=N–C) groups is 1. The van der Waals surface area contributed by atoms with Crippen LogP contribution in [-0.2, 0) is 0 Å². The molecule has 0 aromatic heterocycles. The molecule has 1 unspecified atom stereocenters. The summed E-state index contributed by atoms with van der Waals surface area (Å²) >= 11 is 0. The Balaban J connectivity index is 1.70. The van der Waals surface area contributed by atoms with Crippen LogP contribution in [0.15, 0.2) is 4.99 Å². The molecule has 0 aliphatic carbocycles. The summed E-state index contributed by atoms with van der Waals surface area (Å²) in [5.41, 5.74) is 0. The summed E-state index contributed by atoms with van der Waals surface area (Å²) in [6.45, 7) is 4.52. The van der Waals surface area contributed by atoms with E-state index >= 15 is 0 Å². The predicted molar refractivity (Wildman–Crippen MR) is 59.7 cm³/mol. The molecule has 1 fully saturated rings. The fourth-order valence-electron chi connectivity index (χ4n) is 2.17. The first-order valence-electron chi connectivity index (χ1n) is 5.93. The Hall–Kier alpha value is -0.570. The number of nitrogens with zero attached hydrogens (tertiary/aromatic N) is 1. The maximum atomic E-state index is 4.57. The predicted octanol–water partition coefficient (Wildman–Crippen LogP) is 1.16. The molecular weight excluding hydrogens is 174 g/mol. The van der Waals surface area contributed by atoms with Crippen LogP contribution in [0, 0.1) is 5.92 Å². The maximum Gasteiger partial charge on any atom is 0.0963 e. The van der Waals surface area contributed by atoms with Crippen molar-refractivity contribution in [3.63, 3.8) is 0 Å². The second-order valence-corrected chi connectivity index (χ2v) is 4.38. The summed E-state index contributed by atoms with van der Waals surface area (Å²) in [6.07, 6.45) is 6.42. The highest BCUT2D eigenvalue weighted by atomic mass is 15.0. The molecule has 2 rings (SSSR count). The van der Waals surface area contributed by atoms with Gasteiger partial charge in [-0.3, -0.25) is 4.99 Å². The molecule has 0 spiro atoms. The largest absolute Gasteiger partial charge is 0.374 e. The second-order valence-electron chi connectivity index (χ2n) is 4.38. The van der Waals surface area contributed by atoms with E-state index in [2.05, 4.69) is 15.6 Å². The lowest BCUT2D eigenvalue weighted by atomic mass is 10.1. The molecule has 2 aliphatic rings. The average Bonchev–Trinajstić information content (AvgIpc) is 2.58. The van der Waals surface area contributed by atoms with Crippen LogP contribution in [0.25, 0.3) is 0 Å². The minimum atomic E-state index is 0.820. The smallest absolute Gasteiger partial charge is 0.0963 e. The lowest BCUT2D eigenvalue weighted by molar-refractivity contribution is 0.563. The number of hydrogen-bond donors (Lipinski definition) is 2. The van der Waals surface area contributed by atoms with Crippen molar-refractivity contribution >= 4 is 5.84 Å². The first-order valence-corrected chi connectivity index (χ1v) is 5.93. The van der Waals surface area contributed by atoms with Crippen molar-refractivity contribution in [1.29, 1.82) is 0 Å². The van der Waals surface area contributed by atoms with Crippen LogP contribution in [0.5, 0.6) is 0 Å². The van der Waals surface area contributed by atoms with Gasteiger partial charge in [0, 0.05) is 19.5 Å². The molecule has 3 nitrogen and oxygen atoms in total. The number of hydrogen-bond acceptors (Lipinski definition) is 3. The van der Waals surface area contributed by atoms with Crippen molar-refractivity contribution in [1.82, 2.24) is 10.6 Å². The third-order valence-electron chi connectivity index (χ3n) is 3.13. The first kappa shape index (κ1) is 9.97. The van der Waals surface area contributed by atoms with Gasteiger partial charge in [0.25, 0.3) is 0 Å². The van der Waals surface area contributed by atoms with Gasteiger partial charge in [-0.05, 0) is 38.3 Å². The van der Waals surface area contributed by atoms with Gasteiger partial charge >= 0.3 is 0 Å². The molecule has 2 heterocycles. The second kappa shape index (κ2) is 5.35. The normalized spacial score (nSPS) is 28.3. The Morgan fingerprint density at radius 2 is 2.36 bits per heavy atom. The van der Waals surface area contributed by atoms with Gasteiger partial charge in [-0.25, -0.2) is 0 Å². The lowest BCUT2D eigenvalue weighted by Crippen LogP contribution is -2.30. The molecule has 3 heteroatoms. The zero-order chi connectivity index (χ0) is 9.64. The topological polar surface area (TPSA) is 36.4 Å². The van der Waals surface area contributed by atoms with Gasteiger partial charge in [0.15, 0.2) is 0 Å². The molecule has 14 heavy (non-hydrogen) atoms. The summed E-state index contributed by atoms with van der Waals surface area (Å²) < 4.78 is 0. The molecule has 80 valence electrons. The van der Waals surface area contributed by atoms with Crippen LogP contribution >= 0.6 is 0 Å². The molecule has 2 aliphatic heterocycles. The van der Waals surface area contributed by atoms with Crippen molar-refractivity contribution in [3.8, 4) is 0 Å². The van der Waals surface area contributed by atoms with Gasteiger partial charge < -0.3 is 10.6 Å². The van der Waals surface area contributed by atoms with Crippen molar-refractivity contribution in [2.45, 2.75) is 32.1 Å². The molecule has 1 saturated heterocycles. The molecule has 1 atom stereocenters. The van der Waals surface area contributed by atoms with E-state index in [1.807, 2.05) is 0 Å². The highest BCUT2D eigenvalue weighted by molar-refractivity contribution is 5.82. The van der Waals surface area contributed by atoms with Gasteiger partial charge in [0.2, 0.25) is 0 Å². The van der Waals surface area contributed by atoms with Crippen molar-refractivity contribution < 1.29 is 0 Å². The van der Waals surface area contributed by atoms with Crippen LogP contribution in [0.2, 0.25) is 0 Å². The van der Waals surface area contributed by atoms with Crippen molar-refractivity contribution in [2.24, 2.45) is 10.9 Å². The fraction of sp³-hybridized carbons (Fsp3) is 0.909. The van der Waals surface area contributed by atoms with Gasteiger partial charge in [0.05, 0.1) is 5.84 Å². The monoisotopic (exact) mass is 195 g/mol. The maximum absolute atomic E-state index is 4.57. The molecule has 0 radical (unpaired) electrons. The fourth-order valence-corrected chi connectivity index (χ4v) is 2.17. The standard InChI is InChI=1S/C11H21N3/c1-2-4-11(13-6-3-1)14-9-10-5-7-12-8-10/h10,12H,1-9H2,(H,13,14). The highest BCUT2D eigenvalue weighted by Gasteiger charge is 2.14. The average molecular weight is 195 g/mol. The third-order valence-corrected chi connectivity index (χ3v) is 3.13. The highest BCUT2D eigenvalue weighted by Crippen LogP contribution is 2.08. The summed E-state index contributed by atoms with van der Waals surface area (Å²) in [5.74, 6) is 2.08. The Morgan fingerprint density at radius 1 is 1.36 bits per heavy atom. The van der Waals surface area contributed by atoms with E-state index in [1.165, 1.54) is 51.0 Å². The molecule has 0 aromatic rings. The van der Waals surface area contributed by atoms with Crippen LogP contribution < -0.4 is 10.6 Å². The summed E-state index contributed by atoms with van der Waals surface area (Å²) in [7, 11) is 0. The lowest BCUT2D eigenvalue weighted by Gasteiger charge is -2.12. The molecule has 2 N–H and O–H groups in total. The Morgan fingerprint density at radius 3 is 3.21 bits per heavy atom. The van der Waals surface area contributed by atoms with E-state index in [9.17, 15) is 0 Å². The summed E-state index contributed by atoms with van der Waals surface area (Å²) in [5, 5.41) is 6.91. The van der Waals surface area contributed by atoms with Crippen molar-refractivity contribution in [3.05, 3.63) is 0 Å². The van der Waals surface area contributed by atoms with Gasteiger partial charge in [-0.1, -0.05) is 6.42 Å². The number of rotatable bonds is 2. The molecular formula is C11H21N3. The Labute approximate surface area is 86.4 Å². The number of nitrogens with one attached hydrogen (secondary N) is 2. The quantitative estimate of drug-likeness (QED) is 0.693. The van der Waals surface area contributed by atoms with Gasteiger partial charge in [0.1, 0.15) is 0 Å². The Kier molecular flexibility index (Phi) is 3.80.